The molecule has 2 amide bonds. The van der Waals surface area contributed by atoms with Gasteiger partial charge in [-0.2, -0.15) is 0 Å². The van der Waals surface area contributed by atoms with E-state index in [1.807, 2.05) is 72.8 Å². The van der Waals surface area contributed by atoms with Crippen molar-refractivity contribution < 1.29 is 9.59 Å². The first-order valence-corrected chi connectivity index (χ1v) is 10.2. The van der Waals surface area contributed by atoms with Gasteiger partial charge in [0.1, 0.15) is 6.04 Å². The Morgan fingerprint density at radius 1 is 0.867 bits per heavy atom. The Bertz CT molecular complexity index is 930. The van der Waals surface area contributed by atoms with E-state index in [1.165, 1.54) is 0 Å². The zero-order valence-electron chi connectivity index (χ0n) is 17.2. The maximum Gasteiger partial charge on any atom is 0.242 e. The molecule has 0 aliphatic rings. The Morgan fingerprint density at radius 2 is 1.47 bits per heavy atom. The summed E-state index contributed by atoms with van der Waals surface area (Å²) in [6.45, 7) is 2.59. The molecule has 0 saturated carbocycles. The van der Waals surface area contributed by atoms with Crippen molar-refractivity contribution in [1.29, 1.82) is 0 Å². The molecule has 0 bridgehead atoms. The smallest absolute Gasteiger partial charge is 0.242 e. The minimum atomic E-state index is -0.574. The highest BCUT2D eigenvalue weighted by molar-refractivity contribution is 5.87. The van der Waals surface area contributed by atoms with Crippen molar-refractivity contribution in [2.24, 2.45) is 0 Å². The molecule has 3 rings (SSSR count). The third kappa shape index (κ3) is 6.27. The van der Waals surface area contributed by atoms with E-state index in [0.717, 1.165) is 16.7 Å². The predicted molar refractivity (Wildman–Crippen MR) is 117 cm³/mol. The quantitative estimate of drug-likeness (QED) is 0.594. The number of aryl methyl sites for hydroxylation is 1. The highest BCUT2D eigenvalue weighted by Gasteiger charge is 2.25. The third-order valence-electron chi connectivity index (χ3n) is 5.05. The number of nitrogens with one attached hydrogen (secondary N) is 1. The van der Waals surface area contributed by atoms with Crippen molar-refractivity contribution in [3.63, 3.8) is 0 Å². The molecule has 0 radical (unpaired) electrons. The molecule has 5 nitrogen and oxygen atoms in total. The van der Waals surface area contributed by atoms with Crippen LogP contribution in [0.4, 0.5) is 0 Å². The summed E-state index contributed by atoms with van der Waals surface area (Å²) in [4.78, 5) is 31.5. The molecule has 0 fully saturated rings. The van der Waals surface area contributed by atoms with E-state index in [1.54, 1.807) is 24.2 Å². The summed E-state index contributed by atoms with van der Waals surface area (Å²) < 4.78 is 0. The van der Waals surface area contributed by atoms with Crippen LogP contribution in [0.25, 0.3) is 0 Å². The van der Waals surface area contributed by atoms with Gasteiger partial charge in [0.05, 0.1) is 0 Å². The maximum absolute atomic E-state index is 13.1. The molecule has 3 aromatic rings. The number of pyridine rings is 1. The highest BCUT2D eigenvalue weighted by Crippen LogP contribution is 2.13. The Morgan fingerprint density at radius 3 is 2.10 bits per heavy atom. The normalized spacial score (nSPS) is 11.5. The summed E-state index contributed by atoms with van der Waals surface area (Å²) in [5.74, 6) is -0.204. The summed E-state index contributed by atoms with van der Waals surface area (Å²) in [5.41, 5.74) is 3.08. The second-order valence-corrected chi connectivity index (χ2v) is 7.24. The number of carbonyl (C=O) groups excluding carboxylic acids is 2. The Labute approximate surface area is 177 Å². The van der Waals surface area contributed by atoms with Crippen LogP contribution in [0, 0.1) is 0 Å². The Kier molecular flexibility index (Phi) is 7.72. The summed E-state index contributed by atoms with van der Waals surface area (Å²) in [6, 6.07) is 22.8. The van der Waals surface area contributed by atoms with E-state index in [9.17, 15) is 9.59 Å². The SMILES string of the molecule is C[C@H](C(=O)NCc1ccncc1)N(Cc1ccccc1)C(=O)CCc1ccccc1. The van der Waals surface area contributed by atoms with Gasteiger partial charge < -0.3 is 10.2 Å². The number of amides is 2. The van der Waals surface area contributed by atoms with Gasteiger partial charge in [-0.15, -0.1) is 0 Å². The Hall–Kier alpha value is -3.47. The monoisotopic (exact) mass is 401 g/mol. The van der Waals surface area contributed by atoms with Crippen LogP contribution in [0.5, 0.6) is 0 Å². The molecule has 0 aliphatic carbocycles. The average molecular weight is 402 g/mol. The summed E-state index contributed by atoms with van der Waals surface area (Å²) in [5, 5.41) is 2.93. The zero-order chi connectivity index (χ0) is 21.2. The van der Waals surface area contributed by atoms with Crippen molar-refractivity contribution in [1.82, 2.24) is 15.2 Å². The van der Waals surface area contributed by atoms with Crippen LogP contribution in [0.1, 0.15) is 30.0 Å². The van der Waals surface area contributed by atoms with Gasteiger partial charge in [0.25, 0.3) is 0 Å². The first kappa shape index (κ1) is 21.2. The van der Waals surface area contributed by atoms with Crippen molar-refractivity contribution in [2.75, 3.05) is 0 Å². The summed E-state index contributed by atoms with van der Waals surface area (Å²) in [6.07, 6.45) is 4.40. The molecule has 1 heterocycles. The van der Waals surface area contributed by atoms with Gasteiger partial charge in [0, 0.05) is 31.9 Å². The fraction of sp³-hybridized carbons (Fsp3) is 0.240. The molecule has 1 N–H and O–H groups in total. The molecule has 0 spiro atoms. The molecule has 5 heteroatoms. The number of benzene rings is 2. The molecule has 0 unspecified atom stereocenters. The first-order chi connectivity index (χ1) is 14.6. The zero-order valence-corrected chi connectivity index (χ0v) is 17.2. The largest absolute Gasteiger partial charge is 0.350 e. The number of carbonyl (C=O) groups is 2. The fourth-order valence-electron chi connectivity index (χ4n) is 3.24. The van der Waals surface area contributed by atoms with Gasteiger partial charge in [0.2, 0.25) is 11.8 Å². The lowest BCUT2D eigenvalue weighted by Gasteiger charge is -2.29. The molecule has 1 aromatic heterocycles. The van der Waals surface area contributed by atoms with Gasteiger partial charge in [0.15, 0.2) is 0 Å². The molecular formula is C25H27N3O2. The van der Waals surface area contributed by atoms with E-state index in [0.29, 0.717) is 25.9 Å². The minimum Gasteiger partial charge on any atom is -0.350 e. The molecule has 0 aliphatic heterocycles. The van der Waals surface area contributed by atoms with E-state index in [2.05, 4.69) is 10.3 Å². The second kappa shape index (κ2) is 10.9. The third-order valence-corrected chi connectivity index (χ3v) is 5.05. The lowest BCUT2D eigenvalue weighted by Crippen LogP contribution is -2.47. The summed E-state index contributed by atoms with van der Waals surface area (Å²) >= 11 is 0. The van der Waals surface area contributed by atoms with Crippen LogP contribution in [0.15, 0.2) is 85.2 Å². The van der Waals surface area contributed by atoms with E-state index in [4.69, 9.17) is 0 Å². The van der Waals surface area contributed by atoms with Crippen LogP contribution in [-0.2, 0) is 29.1 Å². The van der Waals surface area contributed by atoms with Crippen LogP contribution >= 0.6 is 0 Å². The lowest BCUT2D eigenvalue weighted by molar-refractivity contribution is -0.140. The minimum absolute atomic E-state index is 0.0331. The standard InChI is InChI=1S/C25H27N3O2/c1-20(25(30)27-18-22-14-16-26-17-15-22)28(19-23-10-6-3-7-11-23)24(29)13-12-21-8-4-2-5-9-21/h2-11,14-17,20H,12-13,18-19H2,1H3,(H,27,30)/t20-/m1/s1. The van der Waals surface area contributed by atoms with E-state index in [-0.39, 0.29) is 11.8 Å². The Balaban J connectivity index is 1.67. The number of hydrogen-bond acceptors (Lipinski definition) is 3. The topological polar surface area (TPSA) is 62.3 Å². The first-order valence-electron chi connectivity index (χ1n) is 10.2. The average Bonchev–Trinajstić information content (AvgIpc) is 2.81. The molecule has 1 atom stereocenters. The number of nitrogens with zero attached hydrogens (tertiary/aromatic N) is 2. The molecule has 2 aromatic carbocycles. The molecular weight excluding hydrogens is 374 g/mol. The van der Waals surface area contributed by atoms with Gasteiger partial charge >= 0.3 is 0 Å². The van der Waals surface area contributed by atoms with Gasteiger partial charge in [-0.25, -0.2) is 0 Å². The molecule has 30 heavy (non-hydrogen) atoms. The van der Waals surface area contributed by atoms with Crippen LogP contribution < -0.4 is 5.32 Å². The number of rotatable bonds is 9. The van der Waals surface area contributed by atoms with Crippen molar-refractivity contribution in [2.45, 2.75) is 38.9 Å². The van der Waals surface area contributed by atoms with Crippen LogP contribution in [-0.4, -0.2) is 27.7 Å². The maximum atomic E-state index is 13.1. The number of hydrogen-bond donors (Lipinski definition) is 1. The predicted octanol–water partition coefficient (Wildman–Crippen LogP) is 3.75. The van der Waals surface area contributed by atoms with E-state index < -0.39 is 6.04 Å². The van der Waals surface area contributed by atoms with E-state index >= 15 is 0 Å². The summed E-state index contributed by atoms with van der Waals surface area (Å²) in [7, 11) is 0. The van der Waals surface area contributed by atoms with Gasteiger partial charge in [-0.05, 0) is 42.2 Å². The van der Waals surface area contributed by atoms with Crippen molar-refractivity contribution in [3.8, 4) is 0 Å². The fourth-order valence-corrected chi connectivity index (χ4v) is 3.24. The molecule has 154 valence electrons. The van der Waals surface area contributed by atoms with Crippen molar-refractivity contribution in [3.05, 3.63) is 102 Å². The molecule has 0 saturated heterocycles. The van der Waals surface area contributed by atoms with Gasteiger partial charge in [-0.1, -0.05) is 60.7 Å². The van der Waals surface area contributed by atoms with Gasteiger partial charge in [-0.3, -0.25) is 14.6 Å². The number of aromatic nitrogens is 1. The van der Waals surface area contributed by atoms with Crippen molar-refractivity contribution >= 4 is 11.8 Å². The second-order valence-electron chi connectivity index (χ2n) is 7.24. The van der Waals surface area contributed by atoms with Crippen LogP contribution in [0.2, 0.25) is 0 Å². The lowest BCUT2D eigenvalue weighted by atomic mass is 10.1. The highest BCUT2D eigenvalue weighted by atomic mass is 16.2. The van der Waals surface area contributed by atoms with Crippen LogP contribution in [0.3, 0.4) is 0 Å².